The summed E-state index contributed by atoms with van der Waals surface area (Å²) in [5, 5.41) is 21.2. The Hall–Kier alpha value is -2.87. The van der Waals surface area contributed by atoms with Gasteiger partial charge in [0.25, 0.3) is 5.91 Å². The van der Waals surface area contributed by atoms with Gasteiger partial charge in [-0.1, -0.05) is 17.4 Å². The van der Waals surface area contributed by atoms with Crippen LogP contribution in [0.2, 0.25) is 0 Å². The smallest absolute Gasteiger partial charge is 0.267 e. The fourth-order valence-electron chi connectivity index (χ4n) is 3.19. The number of aromatic nitrogens is 3. The number of anilines is 3. The molecule has 0 saturated heterocycles. The van der Waals surface area contributed by atoms with Crippen molar-refractivity contribution in [3.8, 4) is 5.75 Å². The van der Waals surface area contributed by atoms with Gasteiger partial charge in [0.15, 0.2) is 10.9 Å². The van der Waals surface area contributed by atoms with Crippen molar-refractivity contribution in [2.24, 2.45) is 0 Å². The highest BCUT2D eigenvalue weighted by Crippen LogP contribution is 2.33. The molecule has 0 atom stereocenters. The van der Waals surface area contributed by atoms with Crippen molar-refractivity contribution in [3.63, 3.8) is 0 Å². The zero-order valence-corrected chi connectivity index (χ0v) is 16.9. The van der Waals surface area contributed by atoms with Gasteiger partial charge in [-0.3, -0.25) is 9.48 Å². The summed E-state index contributed by atoms with van der Waals surface area (Å²) in [4.78, 5) is 17.4. The number of rotatable bonds is 5. The van der Waals surface area contributed by atoms with Gasteiger partial charge >= 0.3 is 0 Å². The number of amides is 1. The zero-order valence-electron chi connectivity index (χ0n) is 16.1. The molecule has 2 heterocycles. The zero-order chi connectivity index (χ0) is 19.8. The normalized spacial score (nSPS) is 14.0. The van der Waals surface area contributed by atoms with Crippen LogP contribution in [-0.2, 0) is 0 Å². The predicted octanol–water partition coefficient (Wildman–Crippen LogP) is 4.69. The van der Waals surface area contributed by atoms with E-state index in [9.17, 15) is 9.90 Å². The Kier molecular flexibility index (Phi) is 4.80. The molecular formula is C20H23N5O2S. The summed E-state index contributed by atoms with van der Waals surface area (Å²) in [6.45, 7) is 5.68. The number of nitrogens with one attached hydrogen (secondary N) is 2. The Morgan fingerprint density at radius 1 is 1.25 bits per heavy atom. The van der Waals surface area contributed by atoms with Crippen LogP contribution in [0.5, 0.6) is 5.75 Å². The van der Waals surface area contributed by atoms with Gasteiger partial charge in [-0.15, -0.1) is 0 Å². The van der Waals surface area contributed by atoms with Gasteiger partial charge in [0.1, 0.15) is 10.6 Å². The molecule has 1 saturated carbocycles. The van der Waals surface area contributed by atoms with Gasteiger partial charge in [-0.2, -0.15) is 5.10 Å². The lowest BCUT2D eigenvalue weighted by molar-refractivity contribution is 0.103. The summed E-state index contributed by atoms with van der Waals surface area (Å²) in [6.07, 6.45) is 7.22. The van der Waals surface area contributed by atoms with Crippen molar-refractivity contribution < 1.29 is 9.90 Å². The Bertz CT molecular complexity index is 1040. The maximum atomic E-state index is 12.6. The van der Waals surface area contributed by atoms with Crippen molar-refractivity contribution in [1.82, 2.24) is 14.8 Å². The summed E-state index contributed by atoms with van der Waals surface area (Å²) < 4.78 is 2.02. The molecule has 1 amide bonds. The minimum absolute atomic E-state index is 0.157. The van der Waals surface area contributed by atoms with E-state index in [2.05, 4.69) is 26.9 Å². The molecule has 0 radical (unpaired) electrons. The van der Waals surface area contributed by atoms with E-state index in [4.69, 9.17) is 0 Å². The van der Waals surface area contributed by atoms with Gasteiger partial charge in [0.2, 0.25) is 0 Å². The molecule has 0 spiro atoms. The van der Waals surface area contributed by atoms with E-state index in [1.54, 1.807) is 25.3 Å². The number of phenols is 1. The second-order valence-corrected chi connectivity index (χ2v) is 8.27. The Morgan fingerprint density at radius 2 is 2.04 bits per heavy atom. The first-order valence-electron chi connectivity index (χ1n) is 9.31. The minimum atomic E-state index is -0.251. The number of aromatic hydroxyl groups is 1. The van der Waals surface area contributed by atoms with E-state index in [1.165, 1.54) is 30.6 Å². The SMILES string of the molecule is Cc1cn(C2CCC2)nc1Nc1ncc(C(=O)Nc2c(C)ccc(O)c2C)s1. The molecule has 3 aromatic rings. The van der Waals surface area contributed by atoms with Crippen molar-refractivity contribution in [1.29, 1.82) is 0 Å². The summed E-state index contributed by atoms with van der Waals surface area (Å²) in [5.74, 6) is 0.678. The van der Waals surface area contributed by atoms with E-state index in [1.807, 2.05) is 18.5 Å². The molecule has 0 bridgehead atoms. The van der Waals surface area contributed by atoms with Crippen molar-refractivity contribution in [2.75, 3.05) is 10.6 Å². The van der Waals surface area contributed by atoms with Gasteiger partial charge in [0.05, 0.1) is 17.9 Å². The van der Waals surface area contributed by atoms with Crippen molar-refractivity contribution in [3.05, 3.63) is 46.1 Å². The minimum Gasteiger partial charge on any atom is -0.508 e. The number of benzene rings is 1. The monoisotopic (exact) mass is 397 g/mol. The number of aryl methyl sites for hydroxylation is 2. The van der Waals surface area contributed by atoms with Crippen LogP contribution >= 0.6 is 11.3 Å². The Balaban J connectivity index is 1.48. The summed E-state index contributed by atoms with van der Waals surface area (Å²) in [5.41, 5.74) is 3.22. The van der Waals surface area contributed by atoms with Crippen LogP contribution in [0.1, 0.15) is 51.7 Å². The second-order valence-electron chi connectivity index (χ2n) is 7.24. The quantitative estimate of drug-likeness (QED) is 0.581. The molecular weight excluding hydrogens is 374 g/mol. The van der Waals surface area contributed by atoms with Gasteiger partial charge in [-0.05, 0) is 51.7 Å². The highest BCUT2D eigenvalue weighted by atomic mass is 32.1. The standard InChI is InChI=1S/C20H23N5O2S/c1-11-7-8-15(26)13(3)17(11)22-19(27)16-9-21-20(28-16)23-18-12(2)10-25(24-18)14-5-4-6-14/h7-10,14,26H,4-6H2,1-3H3,(H,22,27)(H,21,23,24). The van der Waals surface area contributed by atoms with Crippen LogP contribution in [0.4, 0.5) is 16.6 Å². The first-order chi connectivity index (χ1) is 13.4. The number of hydrogen-bond donors (Lipinski definition) is 3. The maximum absolute atomic E-state index is 12.6. The van der Waals surface area contributed by atoms with E-state index in [0.717, 1.165) is 16.9 Å². The van der Waals surface area contributed by atoms with Crippen LogP contribution < -0.4 is 10.6 Å². The molecule has 0 aliphatic heterocycles. The fourth-order valence-corrected chi connectivity index (χ4v) is 3.90. The number of phenolic OH excluding ortho intramolecular Hbond substituents is 1. The lowest BCUT2D eigenvalue weighted by Crippen LogP contribution is -2.17. The first kappa shape index (κ1) is 18.5. The third kappa shape index (κ3) is 3.47. The molecule has 1 aliphatic carbocycles. The van der Waals surface area contributed by atoms with Crippen LogP contribution in [0.15, 0.2) is 24.5 Å². The molecule has 2 aromatic heterocycles. The lowest BCUT2D eigenvalue weighted by Gasteiger charge is -2.25. The molecule has 28 heavy (non-hydrogen) atoms. The van der Waals surface area contributed by atoms with E-state index in [0.29, 0.717) is 27.3 Å². The average molecular weight is 398 g/mol. The van der Waals surface area contributed by atoms with Crippen LogP contribution in [-0.4, -0.2) is 25.8 Å². The topological polar surface area (TPSA) is 92.1 Å². The number of carbonyl (C=O) groups excluding carboxylic acids is 1. The predicted molar refractivity (Wildman–Crippen MR) is 111 cm³/mol. The second kappa shape index (κ2) is 7.27. The maximum Gasteiger partial charge on any atom is 0.267 e. The van der Waals surface area contributed by atoms with Crippen molar-refractivity contribution >= 4 is 33.9 Å². The van der Waals surface area contributed by atoms with Gasteiger partial charge < -0.3 is 15.7 Å². The van der Waals surface area contributed by atoms with Crippen LogP contribution in [0.3, 0.4) is 0 Å². The van der Waals surface area contributed by atoms with Gasteiger partial charge in [0, 0.05) is 17.3 Å². The number of hydrogen-bond acceptors (Lipinski definition) is 6. The highest BCUT2D eigenvalue weighted by Gasteiger charge is 2.22. The third-order valence-electron chi connectivity index (χ3n) is 5.20. The summed E-state index contributed by atoms with van der Waals surface area (Å²) >= 11 is 1.27. The Morgan fingerprint density at radius 3 is 2.75 bits per heavy atom. The largest absolute Gasteiger partial charge is 0.508 e. The molecule has 1 aliphatic rings. The van der Waals surface area contributed by atoms with E-state index < -0.39 is 0 Å². The molecule has 8 heteroatoms. The molecule has 146 valence electrons. The first-order valence-corrected chi connectivity index (χ1v) is 10.1. The van der Waals surface area contributed by atoms with Crippen LogP contribution in [0.25, 0.3) is 0 Å². The van der Waals surface area contributed by atoms with Gasteiger partial charge in [-0.25, -0.2) is 4.98 Å². The lowest BCUT2D eigenvalue weighted by atomic mass is 9.93. The molecule has 4 rings (SSSR count). The molecule has 1 fully saturated rings. The molecule has 0 unspecified atom stereocenters. The van der Waals surface area contributed by atoms with E-state index in [-0.39, 0.29) is 11.7 Å². The number of carbonyl (C=O) groups is 1. The van der Waals surface area contributed by atoms with Crippen molar-refractivity contribution in [2.45, 2.75) is 46.1 Å². The van der Waals surface area contributed by atoms with Crippen LogP contribution in [0, 0.1) is 20.8 Å². The fraction of sp³-hybridized carbons (Fsp3) is 0.350. The van der Waals surface area contributed by atoms with E-state index >= 15 is 0 Å². The molecule has 3 N–H and O–H groups in total. The highest BCUT2D eigenvalue weighted by molar-refractivity contribution is 7.17. The number of nitrogens with zero attached hydrogens (tertiary/aromatic N) is 3. The summed E-state index contributed by atoms with van der Waals surface area (Å²) in [7, 11) is 0. The number of thiazole rings is 1. The molecule has 7 nitrogen and oxygen atoms in total. The summed E-state index contributed by atoms with van der Waals surface area (Å²) in [6, 6.07) is 3.90. The molecule has 1 aromatic carbocycles. The average Bonchev–Trinajstić information content (AvgIpc) is 3.21. The third-order valence-corrected chi connectivity index (χ3v) is 6.11. The Labute approximate surface area is 167 Å².